The summed E-state index contributed by atoms with van der Waals surface area (Å²) in [5.74, 6) is 0.000501. The molecule has 234 valence electrons. The molecular weight excluding hydrogens is 678 g/mol. The first-order valence-corrected chi connectivity index (χ1v) is 17.9. The third kappa shape index (κ3) is 4.69. The Labute approximate surface area is 276 Å². The third-order valence-electron chi connectivity index (χ3n) is 10.4. The number of thioether (sulfide) groups is 1. The van der Waals surface area contributed by atoms with Crippen LogP contribution in [0.1, 0.15) is 42.0 Å². The fourth-order valence-corrected chi connectivity index (χ4v) is 11.8. The highest BCUT2D eigenvalue weighted by Crippen LogP contribution is 2.68. The Kier molecular flexibility index (Phi) is 7.37. The number of amides is 3. The molecule has 4 fully saturated rings. The van der Waals surface area contributed by atoms with Gasteiger partial charge in [-0.2, -0.15) is 0 Å². The molecule has 0 spiro atoms. The number of H-pyrrole nitrogens is 1. The molecular formula is C33H32BrN3O6S2. The summed E-state index contributed by atoms with van der Waals surface area (Å²) in [6.45, 7) is 1.48. The van der Waals surface area contributed by atoms with Crippen LogP contribution in [0.15, 0.2) is 56.8 Å². The number of anilines is 1. The molecule has 3 amide bonds. The SMILES string of the molecule is COc1cc([C@H]2c3sc(=O)[nH]c3SC3C4CC(C5C(=O)N(c6ccc(Br)cc6)C(=O)C45)C32)ccc1OCC(=O)N1CCCCC1. The number of carbonyl (C=O) groups is 3. The number of fused-ring (bicyclic) bond motifs is 9. The van der Waals surface area contributed by atoms with E-state index >= 15 is 0 Å². The van der Waals surface area contributed by atoms with Crippen molar-refractivity contribution in [2.24, 2.45) is 29.6 Å². The minimum absolute atomic E-state index is 0.00818. The minimum Gasteiger partial charge on any atom is -0.493 e. The maximum atomic E-state index is 14.0. The molecule has 2 saturated carbocycles. The van der Waals surface area contributed by atoms with Gasteiger partial charge in [-0.1, -0.05) is 33.3 Å². The molecule has 2 aliphatic carbocycles. The number of ether oxygens (including phenoxy) is 2. The molecule has 7 atom stereocenters. The first-order chi connectivity index (χ1) is 21.8. The predicted octanol–water partition coefficient (Wildman–Crippen LogP) is 5.28. The zero-order chi connectivity index (χ0) is 31.0. The lowest BCUT2D eigenvalue weighted by Crippen LogP contribution is -2.42. The van der Waals surface area contributed by atoms with E-state index in [0.29, 0.717) is 17.2 Å². The molecule has 3 aliphatic heterocycles. The fourth-order valence-electron chi connectivity index (χ4n) is 8.61. The Hall–Kier alpha value is -3.09. The van der Waals surface area contributed by atoms with Gasteiger partial charge in [0.25, 0.3) is 5.91 Å². The van der Waals surface area contributed by atoms with Gasteiger partial charge in [-0.15, -0.1) is 11.8 Å². The molecule has 2 bridgehead atoms. The zero-order valence-corrected chi connectivity index (χ0v) is 27.8. The van der Waals surface area contributed by atoms with Crippen molar-refractivity contribution in [3.63, 3.8) is 0 Å². The Morgan fingerprint density at radius 1 is 0.978 bits per heavy atom. The standard InChI is InChI=1S/C33H32BrN3O6S2/c1-42-22-13-16(5-10-21(22)43-15-23(38)36-11-3-2-4-12-36)24-25-19-14-20(28(25)44-30-29(24)45-33(41)35-30)27-26(19)31(39)37(32(27)40)18-8-6-17(34)7-9-18/h5-10,13,19-20,24-28H,2-4,11-12,14-15H2,1H3,(H,35,41)/t19?,20?,24-,25?,26?,27?,28?/m1/s1. The normalized spacial score (nSPS) is 29.9. The van der Waals surface area contributed by atoms with E-state index in [-0.39, 0.29) is 70.0 Å². The van der Waals surface area contributed by atoms with Crippen LogP contribution in [0, 0.1) is 29.6 Å². The number of rotatable bonds is 6. The third-order valence-corrected chi connectivity index (χ3v) is 13.5. The number of thiazole rings is 1. The van der Waals surface area contributed by atoms with Crippen molar-refractivity contribution in [3.05, 3.63) is 67.0 Å². The quantitative estimate of drug-likeness (QED) is 0.347. The number of imide groups is 1. The number of halogens is 1. The smallest absolute Gasteiger partial charge is 0.305 e. The Morgan fingerprint density at radius 2 is 1.71 bits per heavy atom. The van der Waals surface area contributed by atoms with E-state index in [1.165, 1.54) is 16.2 Å². The van der Waals surface area contributed by atoms with E-state index in [1.54, 1.807) is 18.9 Å². The van der Waals surface area contributed by atoms with Gasteiger partial charge in [0.1, 0.15) is 0 Å². The van der Waals surface area contributed by atoms with Crippen LogP contribution in [-0.4, -0.2) is 59.7 Å². The van der Waals surface area contributed by atoms with Crippen LogP contribution in [0.2, 0.25) is 0 Å². The van der Waals surface area contributed by atoms with Gasteiger partial charge >= 0.3 is 4.87 Å². The summed E-state index contributed by atoms with van der Waals surface area (Å²) in [4.78, 5) is 60.4. The molecule has 3 aromatic rings. The highest BCUT2D eigenvalue weighted by Gasteiger charge is 2.69. The number of aromatic nitrogens is 1. The average Bonchev–Trinajstić information content (AvgIpc) is 3.79. The summed E-state index contributed by atoms with van der Waals surface area (Å²) in [6, 6.07) is 13.1. The lowest BCUT2D eigenvalue weighted by atomic mass is 9.68. The number of nitrogens with one attached hydrogen (secondary N) is 1. The van der Waals surface area contributed by atoms with Gasteiger partial charge in [-0.05, 0) is 85.4 Å². The van der Waals surface area contributed by atoms with Crippen LogP contribution in [0.5, 0.6) is 11.5 Å². The van der Waals surface area contributed by atoms with Crippen LogP contribution >= 0.6 is 39.0 Å². The fraction of sp³-hybridized carbons (Fsp3) is 0.455. The number of aromatic amines is 1. The van der Waals surface area contributed by atoms with E-state index in [9.17, 15) is 19.2 Å². The van der Waals surface area contributed by atoms with Crippen molar-refractivity contribution in [2.75, 3.05) is 31.7 Å². The number of hydrogen-bond donors (Lipinski definition) is 1. The molecule has 9 nitrogen and oxygen atoms in total. The van der Waals surface area contributed by atoms with Gasteiger partial charge in [-0.3, -0.25) is 24.1 Å². The van der Waals surface area contributed by atoms with Gasteiger partial charge in [0.15, 0.2) is 18.1 Å². The number of benzene rings is 2. The van der Waals surface area contributed by atoms with Gasteiger partial charge in [-0.25, -0.2) is 0 Å². The Morgan fingerprint density at radius 3 is 2.44 bits per heavy atom. The van der Waals surface area contributed by atoms with Crippen molar-refractivity contribution < 1.29 is 23.9 Å². The number of likely N-dealkylation sites (tertiary alicyclic amines) is 1. The molecule has 0 radical (unpaired) electrons. The maximum absolute atomic E-state index is 14.0. The summed E-state index contributed by atoms with van der Waals surface area (Å²) >= 11 is 6.33. The monoisotopic (exact) mass is 709 g/mol. The summed E-state index contributed by atoms with van der Waals surface area (Å²) in [5.41, 5.74) is 1.58. The average molecular weight is 711 g/mol. The second-order valence-corrected chi connectivity index (χ2v) is 15.7. The van der Waals surface area contributed by atoms with E-state index in [1.807, 2.05) is 47.4 Å². The molecule has 45 heavy (non-hydrogen) atoms. The molecule has 2 aromatic carbocycles. The van der Waals surface area contributed by atoms with Crippen LogP contribution in [0.4, 0.5) is 5.69 Å². The molecule has 1 aromatic heterocycles. The number of hydrogen-bond acceptors (Lipinski definition) is 8. The summed E-state index contributed by atoms with van der Waals surface area (Å²) < 4.78 is 12.6. The summed E-state index contributed by atoms with van der Waals surface area (Å²) in [6.07, 6.45) is 4.00. The molecule has 8 rings (SSSR count). The largest absolute Gasteiger partial charge is 0.493 e. The lowest BCUT2D eigenvalue weighted by Gasteiger charge is -2.43. The van der Waals surface area contributed by atoms with Crippen molar-refractivity contribution in [3.8, 4) is 11.5 Å². The first-order valence-electron chi connectivity index (χ1n) is 15.5. The molecule has 12 heteroatoms. The molecule has 6 unspecified atom stereocenters. The van der Waals surface area contributed by atoms with Crippen LogP contribution < -0.4 is 19.2 Å². The van der Waals surface area contributed by atoms with Gasteiger partial charge < -0.3 is 19.4 Å². The van der Waals surface area contributed by atoms with E-state index in [0.717, 1.165) is 58.7 Å². The number of methoxy groups -OCH3 is 1. The van der Waals surface area contributed by atoms with Crippen molar-refractivity contribution in [1.29, 1.82) is 0 Å². The second kappa shape index (κ2) is 11.3. The van der Waals surface area contributed by atoms with Crippen molar-refractivity contribution in [2.45, 2.75) is 41.9 Å². The van der Waals surface area contributed by atoms with Crippen LogP contribution in [-0.2, 0) is 14.4 Å². The predicted molar refractivity (Wildman–Crippen MR) is 174 cm³/mol. The van der Waals surface area contributed by atoms with Crippen LogP contribution in [0.3, 0.4) is 0 Å². The number of nitrogens with zero attached hydrogens (tertiary/aromatic N) is 2. The second-order valence-electron chi connectivity index (χ2n) is 12.6. The van der Waals surface area contributed by atoms with Gasteiger partial charge in [0, 0.05) is 33.6 Å². The van der Waals surface area contributed by atoms with Crippen molar-refractivity contribution in [1.82, 2.24) is 9.88 Å². The van der Waals surface area contributed by atoms with Gasteiger partial charge in [0.05, 0.1) is 29.7 Å². The van der Waals surface area contributed by atoms with Gasteiger partial charge in [0.2, 0.25) is 11.8 Å². The van der Waals surface area contributed by atoms with E-state index < -0.39 is 0 Å². The molecule has 2 saturated heterocycles. The van der Waals surface area contributed by atoms with Crippen LogP contribution in [0.25, 0.3) is 0 Å². The van der Waals surface area contributed by atoms with Crippen molar-refractivity contribution >= 4 is 62.4 Å². The molecule has 4 heterocycles. The Balaban J connectivity index is 1.11. The zero-order valence-electron chi connectivity index (χ0n) is 24.6. The molecule has 5 aliphatic rings. The number of carbonyl (C=O) groups excluding carboxylic acids is 3. The summed E-state index contributed by atoms with van der Waals surface area (Å²) in [7, 11) is 1.58. The minimum atomic E-state index is -0.377. The van der Waals surface area contributed by atoms with E-state index in [4.69, 9.17) is 9.47 Å². The highest BCUT2D eigenvalue weighted by atomic mass is 79.9. The van der Waals surface area contributed by atoms with E-state index in [2.05, 4.69) is 20.9 Å². The first kappa shape index (κ1) is 29.3. The molecule has 1 N–H and O–H groups in total. The maximum Gasteiger partial charge on any atom is 0.305 e. The lowest BCUT2D eigenvalue weighted by molar-refractivity contribution is -0.134. The summed E-state index contributed by atoms with van der Waals surface area (Å²) in [5, 5.41) is 0.943. The highest BCUT2D eigenvalue weighted by molar-refractivity contribution is 9.10. The topological polar surface area (TPSA) is 109 Å². The Bertz CT molecular complexity index is 1750. The number of piperidine rings is 1.